The first kappa shape index (κ1) is 18.8. The van der Waals surface area contributed by atoms with Gasteiger partial charge in [-0.2, -0.15) is 18.4 Å². The van der Waals surface area contributed by atoms with Crippen LogP contribution in [0.15, 0.2) is 35.9 Å². The molecule has 0 bridgehead atoms. The van der Waals surface area contributed by atoms with Gasteiger partial charge in [-0.1, -0.05) is 6.07 Å². The third-order valence-electron chi connectivity index (χ3n) is 4.55. The summed E-state index contributed by atoms with van der Waals surface area (Å²) in [5, 5.41) is 11.7. The summed E-state index contributed by atoms with van der Waals surface area (Å²) >= 11 is 0. The smallest absolute Gasteiger partial charge is 0.346 e. The van der Waals surface area contributed by atoms with Gasteiger partial charge in [-0.15, -0.1) is 0 Å². The fourth-order valence-electron chi connectivity index (χ4n) is 3.12. The zero-order valence-corrected chi connectivity index (χ0v) is 14.9. The average Bonchev–Trinajstić information content (AvgIpc) is 3.38. The van der Waals surface area contributed by atoms with Gasteiger partial charge in [0.15, 0.2) is 0 Å². The molecule has 7 heteroatoms. The van der Waals surface area contributed by atoms with Crippen LogP contribution in [0.2, 0.25) is 0 Å². The topological polar surface area (TPSA) is 57.8 Å². The molecule has 27 heavy (non-hydrogen) atoms. The second kappa shape index (κ2) is 6.95. The standard InChI is InChI=1S/C20H18F3N3O/c1-12-8-14(13(2)26(12)18-6-7-18)9-15(11-24)19(27)25-17-5-3-4-16(10-17)20(21,22)23/h3-5,8-10,18H,6-7H2,1-2H3,(H,25,27)/b15-9+. The normalized spacial score (nSPS) is 14.7. The Morgan fingerprint density at radius 1 is 1.30 bits per heavy atom. The van der Waals surface area contributed by atoms with Crippen molar-refractivity contribution >= 4 is 17.7 Å². The van der Waals surface area contributed by atoms with Crippen LogP contribution < -0.4 is 5.32 Å². The van der Waals surface area contributed by atoms with E-state index in [2.05, 4.69) is 9.88 Å². The largest absolute Gasteiger partial charge is 0.416 e. The van der Waals surface area contributed by atoms with E-state index in [1.54, 1.807) is 0 Å². The van der Waals surface area contributed by atoms with Crippen molar-refractivity contribution in [2.45, 2.75) is 38.9 Å². The molecule has 3 rings (SSSR count). The maximum Gasteiger partial charge on any atom is 0.416 e. The van der Waals surface area contributed by atoms with E-state index in [4.69, 9.17) is 0 Å². The molecule has 1 amide bonds. The second-order valence-corrected chi connectivity index (χ2v) is 6.63. The lowest BCUT2D eigenvalue weighted by Gasteiger charge is -2.09. The molecule has 0 radical (unpaired) electrons. The van der Waals surface area contributed by atoms with Crippen LogP contribution in [0.1, 0.15) is 41.4 Å². The molecule has 0 unspecified atom stereocenters. The van der Waals surface area contributed by atoms with Gasteiger partial charge < -0.3 is 9.88 Å². The summed E-state index contributed by atoms with van der Waals surface area (Å²) in [6.45, 7) is 3.90. The van der Waals surface area contributed by atoms with Crippen molar-refractivity contribution in [3.05, 3.63) is 58.4 Å². The summed E-state index contributed by atoms with van der Waals surface area (Å²) in [6.07, 6.45) is -0.805. The number of benzene rings is 1. The van der Waals surface area contributed by atoms with Crippen LogP contribution in [0.5, 0.6) is 0 Å². The van der Waals surface area contributed by atoms with Crippen LogP contribution in [-0.2, 0) is 11.0 Å². The Bertz CT molecular complexity index is 960. The lowest BCUT2D eigenvalue weighted by molar-refractivity contribution is -0.137. The van der Waals surface area contributed by atoms with Crippen molar-refractivity contribution in [3.8, 4) is 6.07 Å². The van der Waals surface area contributed by atoms with Crippen LogP contribution >= 0.6 is 0 Å². The molecule has 1 aliphatic carbocycles. The number of hydrogen-bond acceptors (Lipinski definition) is 2. The van der Waals surface area contributed by atoms with E-state index >= 15 is 0 Å². The number of nitriles is 1. The van der Waals surface area contributed by atoms with Gasteiger partial charge in [0.05, 0.1) is 5.56 Å². The monoisotopic (exact) mass is 373 g/mol. The number of carbonyl (C=O) groups excluding carboxylic acids is 1. The minimum absolute atomic E-state index is 0.0144. The number of anilines is 1. The lowest BCUT2D eigenvalue weighted by atomic mass is 10.1. The number of aromatic nitrogens is 1. The highest BCUT2D eigenvalue weighted by Crippen LogP contribution is 2.38. The number of rotatable bonds is 4. The van der Waals surface area contributed by atoms with Gasteiger partial charge in [0.25, 0.3) is 5.91 Å². The van der Waals surface area contributed by atoms with Crippen LogP contribution in [0.25, 0.3) is 6.08 Å². The van der Waals surface area contributed by atoms with Crippen LogP contribution in [0.3, 0.4) is 0 Å². The minimum Gasteiger partial charge on any atom is -0.346 e. The Morgan fingerprint density at radius 3 is 2.59 bits per heavy atom. The third kappa shape index (κ3) is 4.05. The minimum atomic E-state index is -4.50. The number of carbonyl (C=O) groups is 1. The number of hydrogen-bond donors (Lipinski definition) is 1. The molecular weight excluding hydrogens is 355 g/mol. The summed E-state index contributed by atoms with van der Waals surface area (Å²) in [5.74, 6) is -0.743. The molecule has 0 saturated heterocycles. The quantitative estimate of drug-likeness (QED) is 0.605. The highest BCUT2D eigenvalue weighted by atomic mass is 19.4. The predicted molar refractivity (Wildman–Crippen MR) is 95.8 cm³/mol. The number of nitrogens with one attached hydrogen (secondary N) is 1. The SMILES string of the molecule is Cc1cc(/C=C(\C#N)C(=O)Nc2cccc(C(F)(F)F)c2)c(C)n1C1CC1. The zero-order valence-electron chi connectivity index (χ0n) is 14.9. The molecule has 0 atom stereocenters. The Kier molecular flexibility index (Phi) is 4.83. The van der Waals surface area contributed by atoms with Crippen LogP contribution in [-0.4, -0.2) is 10.5 Å². The number of nitrogens with zero attached hydrogens (tertiary/aromatic N) is 2. The van der Waals surface area contributed by atoms with Gasteiger partial charge in [-0.05, 0) is 62.6 Å². The number of amides is 1. The second-order valence-electron chi connectivity index (χ2n) is 6.63. The fraction of sp³-hybridized carbons (Fsp3) is 0.300. The highest BCUT2D eigenvalue weighted by Gasteiger charge is 2.30. The van der Waals surface area contributed by atoms with Gasteiger partial charge in [0, 0.05) is 23.1 Å². The fourth-order valence-corrected chi connectivity index (χ4v) is 3.12. The molecule has 1 fully saturated rings. The van der Waals surface area contributed by atoms with E-state index in [1.165, 1.54) is 18.2 Å². The molecule has 0 spiro atoms. The molecular formula is C20H18F3N3O. The van der Waals surface area contributed by atoms with E-state index in [0.29, 0.717) is 6.04 Å². The van der Waals surface area contributed by atoms with Crippen molar-refractivity contribution in [2.75, 3.05) is 5.32 Å². The van der Waals surface area contributed by atoms with Gasteiger partial charge >= 0.3 is 6.18 Å². The zero-order chi connectivity index (χ0) is 19.8. The van der Waals surface area contributed by atoms with E-state index in [1.807, 2.05) is 26.0 Å². The molecule has 1 heterocycles. The molecule has 2 aromatic rings. The number of aryl methyl sites for hydroxylation is 1. The first-order valence-electron chi connectivity index (χ1n) is 8.49. The summed E-state index contributed by atoms with van der Waals surface area (Å²) < 4.78 is 40.6. The van der Waals surface area contributed by atoms with Gasteiger partial charge in [-0.25, -0.2) is 0 Å². The number of alkyl halides is 3. The van der Waals surface area contributed by atoms with Crippen molar-refractivity contribution in [1.29, 1.82) is 5.26 Å². The molecule has 0 aliphatic heterocycles. The maximum atomic E-state index is 12.8. The molecule has 140 valence electrons. The van der Waals surface area contributed by atoms with E-state index < -0.39 is 17.6 Å². The molecule has 1 aromatic carbocycles. The van der Waals surface area contributed by atoms with E-state index in [0.717, 1.165) is 41.9 Å². The Morgan fingerprint density at radius 2 is 2.00 bits per heavy atom. The Balaban J connectivity index is 1.84. The summed E-state index contributed by atoms with van der Waals surface area (Å²) in [5.41, 5.74) is 1.74. The predicted octanol–water partition coefficient (Wildman–Crippen LogP) is 5.00. The summed E-state index contributed by atoms with van der Waals surface area (Å²) in [7, 11) is 0. The molecule has 4 nitrogen and oxygen atoms in total. The first-order valence-corrected chi connectivity index (χ1v) is 8.49. The summed E-state index contributed by atoms with van der Waals surface area (Å²) in [4.78, 5) is 12.4. The first-order chi connectivity index (χ1) is 12.7. The molecule has 1 saturated carbocycles. The molecule has 1 aromatic heterocycles. The van der Waals surface area contributed by atoms with Gasteiger partial charge in [-0.3, -0.25) is 4.79 Å². The molecule has 1 aliphatic rings. The average molecular weight is 373 g/mol. The van der Waals surface area contributed by atoms with Crippen molar-refractivity contribution < 1.29 is 18.0 Å². The van der Waals surface area contributed by atoms with Crippen molar-refractivity contribution in [3.63, 3.8) is 0 Å². The third-order valence-corrected chi connectivity index (χ3v) is 4.55. The molecule has 1 N–H and O–H groups in total. The highest BCUT2D eigenvalue weighted by molar-refractivity contribution is 6.09. The number of halogens is 3. The maximum absolute atomic E-state index is 12.8. The van der Waals surface area contributed by atoms with Crippen LogP contribution in [0, 0.1) is 25.2 Å². The van der Waals surface area contributed by atoms with Crippen molar-refractivity contribution in [1.82, 2.24) is 4.57 Å². The Labute approximate surface area is 154 Å². The lowest BCUT2D eigenvalue weighted by Crippen LogP contribution is -2.14. The van der Waals surface area contributed by atoms with Gasteiger partial charge in [0.2, 0.25) is 0 Å². The summed E-state index contributed by atoms with van der Waals surface area (Å²) in [6, 6.07) is 8.52. The Hall–Kier alpha value is -3.01. The van der Waals surface area contributed by atoms with Crippen molar-refractivity contribution in [2.24, 2.45) is 0 Å². The van der Waals surface area contributed by atoms with E-state index in [9.17, 15) is 23.2 Å². The van der Waals surface area contributed by atoms with Crippen LogP contribution in [0.4, 0.5) is 18.9 Å². The van der Waals surface area contributed by atoms with E-state index in [-0.39, 0.29) is 11.3 Å². The van der Waals surface area contributed by atoms with Gasteiger partial charge in [0.1, 0.15) is 11.6 Å².